The molecule has 32 heavy (non-hydrogen) atoms. The fourth-order valence-corrected chi connectivity index (χ4v) is 3.49. The minimum Gasteiger partial charge on any atom is -0.493 e. The van der Waals surface area contributed by atoms with Gasteiger partial charge in [0.15, 0.2) is 18.1 Å². The number of primary amides is 1. The average molecular weight is 428 g/mol. The molecule has 0 radical (unpaired) electrons. The second-order valence-electron chi connectivity index (χ2n) is 7.05. The van der Waals surface area contributed by atoms with E-state index >= 15 is 0 Å². The van der Waals surface area contributed by atoms with E-state index in [1.165, 1.54) is 12.0 Å². The van der Waals surface area contributed by atoms with Crippen LogP contribution >= 0.6 is 0 Å². The maximum atomic E-state index is 13.3. The molecule has 0 saturated carbocycles. The van der Waals surface area contributed by atoms with E-state index in [1.54, 1.807) is 72.8 Å². The predicted molar refractivity (Wildman–Crippen MR) is 120 cm³/mol. The number of fused-ring (bicyclic) bond motifs is 1. The number of amides is 2. The minimum absolute atomic E-state index is 0.230. The first-order valence-corrected chi connectivity index (χ1v) is 9.83. The van der Waals surface area contributed by atoms with Crippen LogP contribution in [-0.4, -0.2) is 31.3 Å². The Kier molecular flexibility index (Phi) is 5.72. The third kappa shape index (κ3) is 3.96. The van der Waals surface area contributed by atoms with Crippen molar-refractivity contribution in [3.8, 4) is 11.5 Å². The number of allylic oxidation sites excluding steroid dienone is 1. The van der Waals surface area contributed by atoms with Crippen LogP contribution in [0.2, 0.25) is 0 Å². The number of benzene rings is 3. The van der Waals surface area contributed by atoms with Gasteiger partial charge in [0.05, 0.1) is 18.5 Å². The van der Waals surface area contributed by atoms with Crippen LogP contribution in [-0.2, 0) is 4.79 Å². The van der Waals surface area contributed by atoms with Crippen LogP contribution in [0, 0.1) is 0 Å². The number of hydrogen-bond acceptors (Lipinski definition) is 5. The molecule has 0 aromatic heterocycles. The molecule has 4 rings (SSSR count). The highest BCUT2D eigenvalue weighted by Crippen LogP contribution is 2.37. The van der Waals surface area contributed by atoms with Crippen molar-refractivity contribution >= 4 is 29.4 Å². The number of nitrogens with zero attached hydrogens (tertiary/aromatic N) is 1. The molecule has 7 heteroatoms. The van der Waals surface area contributed by atoms with Crippen molar-refractivity contribution < 1.29 is 23.9 Å². The number of methoxy groups -OCH3 is 1. The van der Waals surface area contributed by atoms with E-state index in [2.05, 4.69) is 0 Å². The molecule has 0 fully saturated rings. The quantitative estimate of drug-likeness (QED) is 0.607. The number of carbonyl (C=O) groups excluding carboxylic acids is 3. The lowest BCUT2D eigenvalue weighted by Crippen LogP contribution is -2.28. The molecule has 0 spiro atoms. The summed E-state index contributed by atoms with van der Waals surface area (Å²) in [5.41, 5.74) is 7.44. The first-order chi connectivity index (χ1) is 15.5. The van der Waals surface area contributed by atoms with Crippen molar-refractivity contribution in [1.82, 2.24) is 0 Å². The molecule has 0 atom stereocenters. The molecule has 2 N–H and O–H groups in total. The largest absolute Gasteiger partial charge is 0.493 e. The third-order valence-electron chi connectivity index (χ3n) is 4.95. The second-order valence-corrected chi connectivity index (χ2v) is 7.05. The van der Waals surface area contributed by atoms with Gasteiger partial charge in [0, 0.05) is 11.1 Å². The Morgan fingerprint density at radius 2 is 1.69 bits per heavy atom. The first kappa shape index (κ1) is 20.9. The summed E-state index contributed by atoms with van der Waals surface area (Å²) in [5.74, 6) is -0.458. The van der Waals surface area contributed by atoms with Crippen molar-refractivity contribution in [3.63, 3.8) is 0 Å². The number of anilines is 1. The van der Waals surface area contributed by atoms with Crippen LogP contribution in [0.1, 0.15) is 26.3 Å². The van der Waals surface area contributed by atoms with Crippen LogP contribution in [0.5, 0.6) is 11.5 Å². The van der Waals surface area contributed by atoms with E-state index in [4.69, 9.17) is 15.2 Å². The maximum Gasteiger partial charge on any atom is 0.262 e. The molecular formula is C25H20N2O5. The Balaban J connectivity index is 1.76. The van der Waals surface area contributed by atoms with Gasteiger partial charge in [0.25, 0.3) is 11.8 Å². The summed E-state index contributed by atoms with van der Waals surface area (Å²) in [4.78, 5) is 38.9. The van der Waals surface area contributed by atoms with E-state index in [0.717, 1.165) is 0 Å². The number of ketones is 1. The molecule has 1 aliphatic rings. The fraction of sp³-hybridized carbons (Fsp3) is 0.0800. The summed E-state index contributed by atoms with van der Waals surface area (Å²) >= 11 is 0. The SMILES string of the molecule is COc1cc(C=C2C(=O)c3ccccc3N2C(=O)c2ccccc2)ccc1OCC(N)=O. The number of hydrogen-bond donors (Lipinski definition) is 1. The van der Waals surface area contributed by atoms with E-state index in [0.29, 0.717) is 33.9 Å². The zero-order valence-electron chi connectivity index (χ0n) is 17.3. The third-order valence-corrected chi connectivity index (χ3v) is 4.95. The first-order valence-electron chi connectivity index (χ1n) is 9.83. The van der Waals surface area contributed by atoms with Crippen molar-refractivity contribution in [3.05, 3.63) is 95.2 Å². The summed E-state index contributed by atoms with van der Waals surface area (Å²) in [7, 11) is 1.46. The van der Waals surface area contributed by atoms with Crippen LogP contribution in [0.15, 0.2) is 78.5 Å². The molecule has 0 saturated heterocycles. The van der Waals surface area contributed by atoms with Gasteiger partial charge in [-0.2, -0.15) is 0 Å². The Bertz CT molecular complexity index is 1230. The highest BCUT2D eigenvalue weighted by Gasteiger charge is 2.36. The molecular weight excluding hydrogens is 408 g/mol. The number of para-hydroxylation sites is 1. The number of ether oxygens (including phenoxy) is 2. The monoisotopic (exact) mass is 428 g/mol. The number of nitrogens with two attached hydrogens (primary N) is 1. The minimum atomic E-state index is -0.609. The van der Waals surface area contributed by atoms with Gasteiger partial charge in [-0.05, 0) is 48.0 Å². The summed E-state index contributed by atoms with van der Waals surface area (Å²) in [5, 5.41) is 0. The van der Waals surface area contributed by atoms with E-state index < -0.39 is 5.91 Å². The van der Waals surface area contributed by atoms with Gasteiger partial charge in [0.2, 0.25) is 5.78 Å². The van der Waals surface area contributed by atoms with E-state index in [1.807, 2.05) is 6.07 Å². The fourth-order valence-electron chi connectivity index (χ4n) is 3.49. The van der Waals surface area contributed by atoms with Gasteiger partial charge in [-0.3, -0.25) is 19.3 Å². The highest BCUT2D eigenvalue weighted by atomic mass is 16.5. The smallest absolute Gasteiger partial charge is 0.262 e. The van der Waals surface area contributed by atoms with Gasteiger partial charge in [-0.25, -0.2) is 0 Å². The van der Waals surface area contributed by atoms with Gasteiger partial charge < -0.3 is 15.2 Å². The van der Waals surface area contributed by atoms with Gasteiger partial charge in [-0.15, -0.1) is 0 Å². The summed E-state index contributed by atoms with van der Waals surface area (Å²) in [6, 6.07) is 20.8. The van der Waals surface area contributed by atoms with Crippen LogP contribution < -0.4 is 20.1 Å². The molecule has 1 aliphatic heterocycles. The van der Waals surface area contributed by atoms with Crippen LogP contribution in [0.3, 0.4) is 0 Å². The van der Waals surface area contributed by atoms with Crippen molar-refractivity contribution in [2.24, 2.45) is 5.73 Å². The lowest BCUT2D eigenvalue weighted by Gasteiger charge is -2.19. The van der Waals surface area contributed by atoms with E-state index in [9.17, 15) is 14.4 Å². The average Bonchev–Trinajstić information content (AvgIpc) is 3.09. The van der Waals surface area contributed by atoms with Gasteiger partial charge >= 0.3 is 0 Å². The predicted octanol–water partition coefficient (Wildman–Crippen LogP) is 3.44. The molecule has 7 nitrogen and oxygen atoms in total. The molecule has 1 heterocycles. The number of rotatable bonds is 6. The molecule has 3 aromatic carbocycles. The van der Waals surface area contributed by atoms with Gasteiger partial charge in [0.1, 0.15) is 0 Å². The molecule has 0 aliphatic carbocycles. The summed E-state index contributed by atoms with van der Waals surface area (Å²) < 4.78 is 10.7. The Labute approximate surface area is 184 Å². The van der Waals surface area contributed by atoms with E-state index in [-0.39, 0.29) is 24.0 Å². The molecule has 0 bridgehead atoms. The molecule has 0 unspecified atom stereocenters. The van der Waals surface area contributed by atoms with Crippen LogP contribution in [0.25, 0.3) is 6.08 Å². The molecule has 3 aromatic rings. The zero-order valence-corrected chi connectivity index (χ0v) is 17.3. The normalized spacial score (nSPS) is 13.7. The van der Waals surface area contributed by atoms with Gasteiger partial charge in [-0.1, -0.05) is 36.4 Å². The maximum absolute atomic E-state index is 13.3. The number of Topliss-reactive ketones (excluding diaryl/α,β-unsaturated/α-hetero) is 1. The topological polar surface area (TPSA) is 98.9 Å². The molecule has 2 amide bonds. The Morgan fingerprint density at radius 3 is 2.41 bits per heavy atom. The van der Waals surface area contributed by atoms with Crippen LogP contribution in [0.4, 0.5) is 5.69 Å². The molecule has 160 valence electrons. The highest BCUT2D eigenvalue weighted by molar-refractivity contribution is 6.29. The van der Waals surface area contributed by atoms with Crippen molar-refractivity contribution in [1.29, 1.82) is 0 Å². The second kappa shape index (κ2) is 8.77. The standard InChI is InChI=1S/C25H20N2O5/c1-31-22-14-16(11-12-21(22)32-15-23(26)28)13-20-24(29)18-9-5-6-10-19(18)27(20)25(30)17-7-3-2-4-8-17/h2-14H,15H2,1H3,(H2,26,28). The summed E-state index contributed by atoms with van der Waals surface area (Å²) in [6.45, 7) is -0.288. The Hall–Kier alpha value is -4.39. The van der Waals surface area contributed by atoms with Crippen molar-refractivity contribution in [2.75, 3.05) is 18.6 Å². The lowest BCUT2D eigenvalue weighted by molar-refractivity contribution is -0.119. The lowest BCUT2D eigenvalue weighted by atomic mass is 10.1. The Morgan fingerprint density at radius 1 is 0.969 bits per heavy atom. The summed E-state index contributed by atoms with van der Waals surface area (Å²) in [6.07, 6.45) is 1.63. The number of carbonyl (C=O) groups is 3. The zero-order chi connectivity index (χ0) is 22.7. The van der Waals surface area contributed by atoms with Crippen molar-refractivity contribution in [2.45, 2.75) is 0 Å².